The Bertz CT molecular complexity index is 444. The fourth-order valence-electron chi connectivity index (χ4n) is 1.91. The van der Waals surface area contributed by atoms with Gasteiger partial charge in [0.2, 0.25) is 0 Å². The van der Waals surface area contributed by atoms with Gasteiger partial charge in [0.05, 0.1) is 13.7 Å². The van der Waals surface area contributed by atoms with E-state index in [1.165, 1.54) is 0 Å². The van der Waals surface area contributed by atoms with Gasteiger partial charge in [-0.25, -0.2) is 0 Å². The van der Waals surface area contributed by atoms with Gasteiger partial charge in [-0.05, 0) is 37.0 Å². The summed E-state index contributed by atoms with van der Waals surface area (Å²) in [6.45, 7) is 10.3. The lowest BCUT2D eigenvalue weighted by Gasteiger charge is -2.12. The highest BCUT2D eigenvalue weighted by atomic mass is 16.5. The third-order valence-electron chi connectivity index (χ3n) is 3.14. The molecule has 0 amide bonds. The maximum atomic E-state index is 5.69. The van der Waals surface area contributed by atoms with Crippen LogP contribution in [0.15, 0.2) is 29.3 Å². The minimum absolute atomic E-state index is 0.568. The van der Waals surface area contributed by atoms with Gasteiger partial charge >= 0.3 is 0 Å². The molecule has 5 nitrogen and oxygen atoms in total. The maximum Gasteiger partial charge on any atom is 0.191 e. The number of nitrogens with one attached hydrogen (secondary N) is 2. The van der Waals surface area contributed by atoms with Gasteiger partial charge in [-0.3, -0.25) is 4.99 Å². The molecular weight excluding hydrogens is 290 g/mol. The van der Waals surface area contributed by atoms with Crippen LogP contribution in [0.2, 0.25) is 0 Å². The number of rotatable bonds is 10. The first-order valence-corrected chi connectivity index (χ1v) is 8.38. The fourth-order valence-corrected chi connectivity index (χ4v) is 1.91. The van der Waals surface area contributed by atoms with E-state index in [0.717, 1.165) is 49.9 Å². The molecule has 0 aliphatic carbocycles. The zero-order valence-electron chi connectivity index (χ0n) is 14.9. The van der Waals surface area contributed by atoms with Crippen molar-refractivity contribution in [3.63, 3.8) is 0 Å². The van der Waals surface area contributed by atoms with Crippen LogP contribution in [0.4, 0.5) is 0 Å². The average Bonchev–Trinajstić information content (AvgIpc) is 2.56. The molecule has 1 rings (SSSR count). The van der Waals surface area contributed by atoms with E-state index in [4.69, 9.17) is 9.47 Å². The second-order valence-electron chi connectivity index (χ2n) is 5.79. The van der Waals surface area contributed by atoms with Crippen molar-refractivity contribution in [2.75, 3.05) is 33.4 Å². The third kappa shape index (κ3) is 9.08. The summed E-state index contributed by atoms with van der Waals surface area (Å²) in [5, 5.41) is 6.58. The molecule has 2 N–H and O–H groups in total. The van der Waals surface area contributed by atoms with Crippen LogP contribution in [0.3, 0.4) is 0 Å². The highest BCUT2D eigenvalue weighted by Gasteiger charge is 1.99. The first-order chi connectivity index (χ1) is 11.2. The van der Waals surface area contributed by atoms with Crippen LogP contribution in [-0.2, 0) is 11.3 Å². The molecule has 0 fully saturated rings. The molecule has 5 heteroatoms. The van der Waals surface area contributed by atoms with E-state index >= 15 is 0 Å². The fraction of sp³-hybridized carbons (Fsp3) is 0.611. The number of aliphatic imine (C=N–C) groups is 1. The van der Waals surface area contributed by atoms with Gasteiger partial charge in [-0.2, -0.15) is 0 Å². The molecule has 1 aromatic carbocycles. The highest BCUT2D eigenvalue weighted by molar-refractivity contribution is 5.79. The zero-order valence-corrected chi connectivity index (χ0v) is 14.9. The topological polar surface area (TPSA) is 54.9 Å². The summed E-state index contributed by atoms with van der Waals surface area (Å²) >= 11 is 0. The number of ether oxygens (including phenoxy) is 2. The second-order valence-corrected chi connectivity index (χ2v) is 5.79. The van der Waals surface area contributed by atoms with Gasteiger partial charge in [0.1, 0.15) is 5.75 Å². The van der Waals surface area contributed by atoms with E-state index in [1.54, 1.807) is 7.11 Å². The van der Waals surface area contributed by atoms with Gasteiger partial charge in [0.25, 0.3) is 0 Å². The predicted molar refractivity (Wildman–Crippen MR) is 96.1 cm³/mol. The predicted octanol–water partition coefficient (Wildman–Crippen LogP) is 2.81. The number of benzene rings is 1. The molecule has 1 aromatic rings. The molecule has 0 atom stereocenters. The van der Waals surface area contributed by atoms with Crippen molar-refractivity contribution in [2.24, 2.45) is 10.9 Å². The Kier molecular flexibility index (Phi) is 9.87. The Morgan fingerprint density at radius 1 is 1.17 bits per heavy atom. The van der Waals surface area contributed by atoms with E-state index in [2.05, 4.69) is 36.4 Å². The highest BCUT2D eigenvalue weighted by Crippen LogP contribution is 2.11. The van der Waals surface area contributed by atoms with Crippen molar-refractivity contribution >= 4 is 5.96 Å². The minimum atomic E-state index is 0.568. The Hall–Kier alpha value is -1.75. The summed E-state index contributed by atoms with van der Waals surface area (Å²) in [5.41, 5.74) is 1.16. The zero-order chi connectivity index (χ0) is 16.9. The molecule has 0 spiro atoms. The van der Waals surface area contributed by atoms with Crippen LogP contribution >= 0.6 is 0 Å². The van der Waals surface area contributed by atoms with Crippen molar-refractivity contribution in [1.82, 2.24) is 10.6 Å². The quantitative estimate of drug-likeness (QED) is 0.395. The number of hydrogen-bond donors (Lipinski definition) is 2. The van der Waals surface area contributed by atoms with Crippen molar-refractivity contribution in [3.05, 3.63) is 29.8 Å². The summed E-state index contributed by atoms with van der Waals surface area (Å²) in [6, 6.07) is 7.96. The standard InChI is InChI=1S/C18H31N3O2/c1-5-19-18(21-13-15(2)3)20-11-6-12-23-14-16-7-9-17(22-4)10-8-16/h7-10,15H,5-6,11-14H2,1-4H3,(H2,19,20,21). The van der Waals surface area contributed by atoms with E-state index in [-0.39, 0.29) is 0 Å². The molecule has 0 aromatic heterocycles. The van der Waals surface area contributed by atoms with Crippen LogP contribution in [-0.4, -0.2) is 39.3 Å². The largest absolute Gasteiger partial charge is 0.497 e. The molecule has 0 unspecified atom stereocenters. The van der Waals surface area contributed by atoms with E-state index < -0.39 is 0 Å². The second kappa shape index (κ2) is 11.8. The van der Waals surface area contributed by atoms with Gasteiger partial charge in [-0.15, -0.1) is 0 Å². The van der Waals surface area contributed by atoms with Gasteiger partial charge in [0, 0.05) is 26.2 Å². The summed E-state index contributed by atoms with van der Waals surface area (Å²) in [4.78, 5) is 4.54. The SMILES string of the molecule is CCNC(=NCC(C)C)NCCCOCc1ccc(OC)cc1. The molecule has 0 aliphatic rings. The smallest absolute Gasteiger partial charge is 0.191 e. The molecule has 23 heavy (non-hydrogen) atoms. The van der Waals surface area contributed by atoms with E-state index in [1.807, 2.05) is 24.3 Å². The molecule has 0 saturated heterocycles. The lowest BCUT2D eigenvalue weighted by molar-refractivity contribution is 0.119. The van der Waals surface area contributed by atoms with Crippen molar-refractivity contribution in [3.8, 4) is 5.75 Å². The van der Waals surface area contributed by atoms with Gasteiger partial charge < -0.3 is 20.1 Å². The summed E-state index contributed by atoms with van der Waals surface area (Å²) in [5.74, 6) is 2.32. The Balaban J connectivity index is 2.16. The molecule has 0 radical (unpaired) electrons. The number of nitrogens with zero attached hydrogens (tertiary/aromatic N) is 1. The monoisotopic (exact) mass is 321 g/mol. The first-order valence-electron chi connectivity index (χ1n) is 8.38. The lowest BCUT2D eigenvalue weighted by Crippen LogP contribution is -2.38. The number of hydrogen-bond acceptors (Lipinski definition) is 3. The molecular formula is C18H31N3O2. The average molecular weight is 321 g/mol. The lowest BCUT2D eigenvalue weighted by atomic mass is 10.2. The number of methoxy groups -OCH3 is 1. The van der Waals surface area contributed by atoms with Gasteiger partial charge in [-0.1, -0.05) is 26.0 Å². The Morgan fingerprint density at radius 3 is 2.52 bits per heavy atom. The van der Waals surface area contributed by atoms with Crippen molar-refractivity contribution in [1.29, 1.82) is 0 Å². The van der Waals surface area contributed by atoms with Crippen LogP contribution in [0, 0.1) is 5.92 Å². The van der Waals surface area contributed by atoms with Crippen LogP contribution in [0.25, 0.3) is 0 Å². The normalized spacial score (nSPS) is 11.6. The molecule has 0 saturated carbocycles. The molecule has 0 bridgehead atoms. The molecule has 0 aliphatic heterocycles. The van der Waals surface area contributed by atoms with Crippen LogP contribution in [0.1, 0.15) is 32.8 Å². The van der Waals surface area contributed by atoms with Crippen LogP contribution < -0.4 is 15.4 Å². The molecule has 0 heterocycles. The summed E-state index contributed by atoms with van der Waals surface area (Å²) in [6.07, 6.45) is 0.947. The summed E-state index contributed by atoms with van der Waals surface area (Å²) in [7, 11) is 1.67. The molecule has 130 valence electrons. The first kappa shape index (κ1) is 19.3. The maximum absolute atomic E-state index is 5.69. The Labute approximate surface area is 140 Å². The van der Waals surface area contributed by atoms with Gasteiger partial charge in [0.15, 0.2) is 5.96 Å². The van der Waals surface area contributed by atoms with E-state index in [0.29, 0.717) is 12.5 Å². The third-order valence-corrected chi connectivity index (χ3v) is 3.14. The van der Waals surface area contributed by atoms with Crippen molar-refractivity contribution < 1.29 is 9.47 Å². The van der Waals surface area contributed by atoms with E-state index in [9.17, 15) is 0 Å². The summed E-state index contributed by atoms with van der Waals surface area (Å²) < 4.78 is 10.8. The number of guanidine groups is 1. The van der Waals surface area contributed by atoms with Crippen LogP contribution in [0.5, 0.6) is 5.75 Å². The minimum Gasteiger partial charge on any atom is -0.497 e. The van der Waals surface area contributed by atoms with Crippen molar-refractivity contribution in [2.45, 2.75) is 33.8 Å². The Morgan fingerprint density at radius 2 is 1.91 bits per heavy atom.